The SMILES string of the molecule is COc1c(C2(C)CC2)cccc1C(C)(O)C1CC1. The molecule has 0 aromatic heterocycles. The molecule has 0 spiro atoms. The van der Waals surface area contributed by atoms with Gasteiger partial charge in [0.25, 0.3) is 0 Å². The molecule has 2 fully saturated rings. The fraction of sp³-hybridized carbons (Fsp3) is 0.625. The van der Waals surface area contributed by atoms with Gasteiger partial charge in [0.2, 0.25) is 0 Å². The quantitative estimate of drug-likeness (QED) is 0.882. The van der Waals surface area contributed by atoms with Gasteiger partial charge in [-0.1, -0.05) is 25.1 Å². The van der Waals surface area contributed by atoms with Crippen molar-refractivity contribution in [3.05, 3.63) is 29.3 Å². The first-order valence-corrected chi connectivity index (χ1v) is 6.89. The van der Waals surface area contributed by atoms with Crippen LogP contribution >= 0.6 is 0 Å². The molecule has 2 saturated carbocycles. The fourth-order valence-electron chi connectivity index (χ4n) is 2.95. The molecular formula is C16H22O2. The third-order valence-corrected chi connectivity index (χ3v) is 4.79. The molecule has 1 N–H and O–H groups in total. The molecule has 0 radical (unpaired) electrons. The van der Waals surface area contributed by atoms with Gasteiger partial charge in [0.1, 0.15) is 5.75 Å². The van der Waals surface area contributed by atoms with E-state index in [0.717, 1.165) is 24.2 Å². The van der Waals surface area contributed by atoms with E-state index in [0.29, 0.717) is 5.92 Å². The van der Waals surface area contributed by atoms with E-state index in [4.69, 9.17) is 4.74 Å². The normalized spacial score (nSPS) is 24.4. The van der Waals surface area contributed by atoms with Crippen LogP contribution < -0.4 is 4.74 Å². The van der Waals surface area contributed by atoms with Crippen LogP contribution in [0.5, 0.6) is 5.75 Å². The van der Waals surface area contributed by atoms with Crippen LogP contribution in [0.1, 0.15) is 50.7 Å². The zero-order valence-corrected chi connectivity index (χ0v) is 11.5. The standard InChI is InChI=1S/C16H22O2/c1-15(9-10-15)12-5-4-6-13(14(12)18-3)16(2,17)11-7-8-11/h4-6,11,17H,7-10H2,1-3H3. The largest absolute Gasteiger partial charge is 0.496 e. The van der Waals surface area contributed by atoms with Gasteiger partial charge in [0, 0.05) is 11.1 Å². The average Bonchev–Trinajstić information content (AvgIpc) is 3.22. The second kappa shape index (κ2) is 3.74. The third kappa shape index (κ3) is 1.74. The van der Waals surface area contributed by atoms with Gasteiger partial charge in [-0.2, -0.15) is 0 Å². The Bertz CT molecular complexity index is 468. The molecule has 18 heavy (non-hydrogen) atoms. The molecule has 1 unspecified atom stereocenters. The lowest BCUT2D eigenvalue weighted by Gasteiger charge is -2.28. The number of ether oxygens (including phenoxy) is 1. The van der Waals surface area contributed by atoms with Crippen LogP contribution in [0, 0.1) is 5.92 Å². The highest BCUT2D eigenvalue weighted by molar-refractivity contribution is 5.50. The van der Waals surface area contributed by atoms with E-state index in [-0.39, 0.29) is 5.41 Å². The van der Waals surface area contributed by atoms with Gasteiger partial charge in [-0.05, 0) is 43.9 Å². The smallest absolute Gasteiger partial charge is 0.128 e. The molecule has 0 saturated heterocycles. The Morgan fingerprint density at radius 2 is 2.00 bits per heavy atom. The summed E-state index contributed by atoms with van der Waals surface area (Å²) < 4.78 is 5.65. The number of benzene rings is 1. The second-order valence-corrected chi connectivity index (χ2v) is 6.37. The van der Waals surface area contributed by atoms with E-state index in [2.05, 4.69) is 19.1 Å². The Balaban J connectivity index is 2.09. The predicted octanol–water partition coefficient (Wildman–Crippen LogP) is 3.36. The number of rotatable bonds is 4. The van der Waals surface area contributed by atoms with Crippen LogP contribution in [0.15, 0.2) is 18.2 Å². The number of hydrogen-bond donors (Lipinski definition) is 1. The molecule has 2 aliphatic carbocycles. The maximum absolute atomic E-state index is 10.8. The fourth-order valence-corrected chi connectivity index (χ4v) is 2.95. The summed E-state index contributed by atoms with van der Waals surface area (Å²) in [5.74, 6) is 1.31. The Hall–Kier alpha value is -1.02. The van der Waals surface area contributed by atoms with E-state index < -0.39 is 5.60 Å². The molecule has 0 heterocycles. The minimum absolute atomic E-state index is 0.265. The molecule has 1 aromatic carbocycles. The first-order valence-electron chi connectivity index (χ1n) is 6.89. The van der Waals surface area contributed by atoms with Crippen molar-refractivity contribution in [2.45, 2.75) is 50.5 Å². The molecular weight excluding hydrogens is 224 g/mol. The van der Waals surface area contributed by atoms with Gasteiger partial charge in [0.15, 0.2) is 0 Å². The lowest BCUT2D eigenvalue weighted by Crippen LogP contribution is -2.25. The summed E-state index contributed by atoms with van der Waals surface area (Å²) in [7, 11) is 1.72. The second-order valence-electron chi connectivity index (χ2n) is 6.37. The van der Waals surface area contributed by atoms with Crippen LogP contribution in [0.2, 0.25) is 0 Å². The van der Waals surface area contributed by atoms with E-state index in [1.165, 1.54) is 18.4 Å². The van der Waals surface area contributed by atoms with Crippen molar-refractivity contribution >= 4 is 0 Å². The van der Waals surface area contributed by atoms with Crippen LogP contribution in [-0.4, -0.2) is 12.2 Å². The van der Waals surface area contributed by atoms with Crippen molar-refractivity contribution in [1.29, 1.82) is 0 Å². The molecule has 1 atom stereocenters. The molecule has 0 bridgehead atoms. The van der Waals surface area contributed by atoms with Crippen LogP contribution in [0.4, 0.5) is 0 Å². The third-order valence-electron chi connectivity index (χ3n) is 4.79. The summed E-state index contributed by atoms with van der Waals surface area (Å²) in [6, 6.07) is 6.23. The van der Waals surface area contributed by atoms with Crippen molar-refractivity contribution in [2.75, 3.05) is 7.11 Å². The summed E-state index contributed by atoms with van der Waals surface area (Å²) in [5.41, 5.74) is 1.76. The zero-order valence-electron chi connectivity index (χ0n) is 11.5. The van der Waals surface area contributed by atoms with E-state index in [1.807, 2.05) is 13.0 Å². The number of para-hydroxylation sites is 1. The summed E-state index contributed by atoms with van der Waals surface area (Å²) in [6.45, 7) is 4.21. The van der Waals surface area contributed by atoms with Crippen molar-refractivity contribution < 1.29 is 9.84 Å². The van der Waals surface area contributed by atoms with E-state index in [9.17, 15) is 5.11 Å². The van der Waals surface area contributed by atoms with Crippen molar-refractivity contribution in [1.82, 2.24) is 0 Å². The van der Waals surface area contributed by atoms with Crippen LogP contribution in [0.3, 0.4) is 0 Å². The Morgan fingerprint density at radius 1 is 1.33 bits per heavy atom. The highest BCUT2D eigenvalue weighted by Gasteiger charge is 2.46. The maximum Gasteiger partial charge on any atom is 0.128 e. The van der Waals surface area contributed by atoms with Gasteiger partial charge >= 0.3 is 0 Å². The topological polar surface area (TPSA) is 29.5 Å². The molecule has 3 rings (SSSR count). The van der Waals surface area contributed by atoms with Gasteiger partial charge in [-0.15, -0.1) is 0 Å². The number of hydrogen-bond acceptors (Lipinski definition) is 2. The first-order chi connectivity index (χ1) is 8.49. The molecule has 1 aromatic rings. The van der Waals surface area contributed by atoms with Gasteiger partial charge < -0.3 is 9.84 Å². The van der Waals surface area contributed by atoms with Crippen LogP contribution in [-0.2, 0) is 11.0 Å². The minimum Gasteiger partial charge on any atom is -0.496 e. The van der Waals surface area contributed by atoms with Gasteiger partial charge in [-0.3, -0.25) is 0 Å². The van der Waals surface area contributed by atoms with Crippen molar-refractivity contribution in [2.24, 2.45) is 5.92 Å². The molecule has 2 aliphatic rings. The molecule has 2 nitrogen and oxygen atoms in total. The minimum atomic E-state index is -0.743. The Labute approximate surface area is 109 Å². The molecule has 0 amide bonds. The van der Waals surface area contributed by atoms with Crippen molar-refractivity contribution in [3.8, 4) is 5.75 Å². The average molecular weight is 246 g/mol. The predicted molar refractivity (Wildman–Crippen MR) is 71.9 cm³/mol. The highest BCUT2D eigenvalue weighted by Crippen LogP contribution is 2.54. The number of methoxy groups -OCH3 is 1. The van der Waals surface area contributed by atoms with Gasteiger partial charge in [-0.25, -0.2) is 0 Å². The Kier molecular flexibility index (Phi) is 2.50. The maximum atomic E-state index is 10.8. The van der Waals surface area contributed by atoms with Gasteiger partial charge in [0.05, 0.1) is 12.7 Å². The first kappa shape index (κ1) is 12.0. The summed E-state index contributed by atoms with van der Waals surface area (Å²) >= 11 is 0. The molecule has 2 heteroatoms. The molecule has 0 aliphatic heterocycles. The molecule has 98 valence electrons. The van der Waals surface area contributed by atoms with E-state index in [1.54, 1.807) is 7.11 Å². The lowest BCUT2D eigenvalue weighted by molar-refractivity contribution is 0.0305. The van der Waals surface area contributed by atoms with Crippen LogP contribution in [0.25, 0.3) is 0 Å². The zero-order chi connectivity index (χ0) is 13.0. The van der Waals surface area contributed by atoms with E-state index >= 15 is 0 Å². The highest BCUT2D eigenvalue weighted by atomic mass is 16.5. The summed E-state index contributed by atoms with van der Waals surface area (Å²) in [6.07, 6.45) is 4.69. The number of aliphatic hydroxyl groups is 1. The van der Waals surface area contributed by atoms with Crippen molar-refractivity contribution in [3.63, 3.8) is 0 Å². The summed E-state index contributed by atoms with van der Waals surface area (Å²) in [4.78, 5) is 0. The summed E-state index contributed by atoms with van der Waals surface area (Å²) in [5, 5.41) is 10.8. The monoisotopic (exact) mass is 246 g/mol. The Morgan fingerprint density at radius 3 is 2.50 bits per heavy atom. The lowest BCUT2D eigenvalue weighted by atomic mass is 9.85.